The van der Waals surface area contributed by atoms with Crippen molar-refractivity contribution in [1.29, 1.82) is 0 Å². The van der Waals surface area contributed by atoms with Gasteiger partial charge in [0.05, 0.1) is 16.1 Å². The molecular formula is C28H44Si2Zr. The van der Waals surface area contributed by atoms with Crippen molar-refractivity contribution in [3.63, 3.8) is 0 Å². The molecule has 3 heteroatoms. The molecule has 0 unspecified atom stereocenters. The van der Waals surface area contributed by atoms with Gasteiger partial charge >= 0.3 is 26.2 Å². The van der Waals surface area contributed by atoms with Gasteiger partial charge in [-0.05, 0) is 78.1 Å². The molecule has 2 atom stereocenters. The summed E-state index contributed by atoms with van der Waals surface area (Å²) in [6.07, 6.45) is 22.3. The predicted octanol–water partition coefficient (Wildman–Crippen LogP) is 8.11. The second kappa shape index (κ2) is 14.9. The van der Waals surface area contributed by atoms with E-state index in [1.807, 2.05) is 64.2 Å². The molecule has 168 valence electrons. The number of rotatable bonds is 2. The van der Waals surface area contributed by atoms with E-state index in [4.69, 9.17) is 0 Å². The fourth-order valence-electron chi connectivity index (χ4n) is 4.00. The van der Waals surface area contributed by atoms with Gasteiger partial charge in [-0.15, -0.1) is 0 Å². The van der Waals surface area contributed by atoms with Crippen LogP contribution in [0.4, 0.5) is 0 Å². The van der Waals surface area contributed by atoms with Gasteiger partial charge in [-0.2, -0.15) is 11.8 Å². The summed E-state index contributed by atoms with van der Waals surface area (Å²) in [5.74, 6) is 0.928. The Bertz CT molecular complexity index is 500. The standard InChI is InChI=1S/C18H34Si2.2C5H5.Zr/c1-13-11-17(19(5,6)7)15(3)16(4)18(12-14(13)2)20(8,9)10;2*1-2-4-5-3-1;/h13-14H,1-2,11-12H2,3-10H3;2*1-5H;/q-2;;;+2/b17-15+,18-16+;;;/t13-,14-;;;/m0.../s1. The minimum absolute atomic E-state index is 0. The van der Waals surface area contributed by atoms with Gasteiger partial charge in [0.15, 0.2) is 0 Å². The van der Waals surface area contributed by atoms with E-state index in [9.17, 15) is 0 Å². The SMILES string of the molecule is [CH2-][C@H]1C/C([Si](C)(C)C)=C(C)\C(C)=C(\[Si](C)(C)C)C[C@@H]1[CH2-].[CH]1[CH][CH][CH][CH]1.[CH]1[CH][CH][CH][CH]1.[Zr+2]. The summed E-state index contributed by atoms with van der Waals surface area (Å²) in [6, 6.07) is 0. The molecule has 0 aliphatic heterocycles. The molecular weight excluding hydrogens is 484 g/mol. The summed E-state index contributed by atoms with van der Waals surface area (Å²) in [7, 11) is -2.57. The van der Waals surface area contributed by atoms with E-state index in [2.05, 4.69) is 67.0 Å². The van der Waals surface area contributed by atoms with Crippen molar-refractivity contribution in [3.05, 3.63) is 99.6 Å². The van der Waals surface area contributed by atoms with Gasteiger partial charge in [0.2, 0.25) is 0 Å². The van der Waals surface area contributed by atoms with Crippen LogP contribution in [0.5, 0.6) is 0 Å². The molecule has 0 N–H and O–H groups in total. The molecule has 0 nitrogen and oxygen atoms in total. The van der Waals surface area contributed by atoms with E-state index in [1.165, 1.54) is 0 Å². The molecule has 0 saturated heterocycles. The van der Waals surface area contributed by atoms with Crippen LogP contribution in [0.1, 0.15) is 26.7 Å². The van der Waals surface area contributed by atoms with Crippen molar-refractivity contribution < 1.29 is 26.2 Å². The normalized spacial score (nSPS) is 29.6. The van der Waals surface area contributed by atoms with E-state index in [-0.39, 0.29) is 26.2 Å². The average molecular weight is 528 g/mol. The van der Waals surface area contributed by atoms with E-state index in [0.29, 0.717) is 11.8 Å². The summed E-state index contributed by atoms with van der Waals surface area (Å²) in [6.45, 7) is 28.4. The van der Waals surface area contributed by atoms with Gasteiger partial charge in [-0.1, -0.05) is 73.7 Å². The first-order chi connectivity index (χ1) is 13.9. The van der Waals surface area contributed by atoms with Crippen molar-refractivity contribution in [2.75, 3.05) is 0 Å². The maximum Gasteiger partial charge on any atom is 2.00 e. The summed E-state index contributed by atoms with van der Waals surface area (Å²) in [4.78, 5) is 0. The predicted molar refractivity (Wildman–Crippen MR) is 142 cm³/mol. The van der Waals surface area contributed by atoms with Crippen LogP contribution in [-0.4, -0.2) is 16.1 Å². The van der Waals surface area contributed by atoms with Crippen LogP contribution < -0.4 is 0 Å². The molecule has 3 rings (SSSR count). The van der Waals surface area contributed by atoms with Crippen LogP contribution in [0.15, 0.2) is 21.5 Å². The second-order valence-electron chi connectivity index (χ2n) is 10.6. The largest absolute Gasteiger partial charge is 2.00 e. The van der Waals surface area contributed by atoms with E-state index < -0.39 is 16.1 Å². The van der Waals surface area contributed by atoms with Gasteiger partial charge in [0, 0.05) is 0 Å². The first-order valence-corrected chi connectivity index (χ1v) is 18.3. The number of hydrogen-bond donors (Lipinski definition) is 0. The fourth-order valence-corrected chi connectivity index (χ4v) is 8.37. The van der Waals surface area contributed by atoms with Gasteiger partial charge in [-0.3, -0.25) is 0 Å². The van der Waals surface area contributed by atoms with Crippen molar-refractivity contribution >= 4 is 16.1 Å². The van der Waals surface area contributed by atoms with Gasteiger partial charge in [0.1, 0.15) is 0 Å². The van der Waals surface area contributed by atoms with Gasteiger partial charge < -0.3 is 13.8 Å². The van der Waals surface area contributed by atoms with Crippen LogP contribution in [-0.2, 0) is 26.2 Å². The summed E-state index contributed by atoms with van der Waals surface area (Å²) in [5.41, 5.74) is 3.17. The Morgan fingerprint density at radius 3 is 0.903 bits per heavy atom. The maximum atomic E-state index is 4.44. The average Bonchev–Trinajstić information content (AvgIpc) is 3.38. The van der Waals surface area contributed by atoms with Gasteiger partial charge in [-0.25, -0.2) is 0 Å². The Kier molecular flexibility index (Phi) is 15.3. The Morgan fingerprint density at radius 1 is 0.548 bits per heavy atom. The molecule has 0 aromatic carbocycles. The quantitative estimate of drug-likeness (QED) is 0.251. The first-order valence-electron chi connectivity index (χ1n) is 11.3. The third kappa shape index (κ3) is 11.7. The summed E-state index contributed by atoms with van der Waals surface area (Å²) < 4.78 is 0. The molecule has 0 aromatic rings. The van der Waals surface area contributed by atoms with Gasteiger partial charge in [0.25, 0.3) is 0 Å². The van der Waals surface area contributed by atoms with Crippen LogP contribution >= 0.6 is 0 Å². The molecule has 0 bridgehead atoms. The second-order valence-corrected chi connectivity index (χ2v) is 20.8. The Labute approximate surface area is 218 Å². The molecule has 0 aromatic heterocycles. The van der Waals surface area contributed by atoms with E-state index in [0.717, 1.165) is 12.8 Å². The monoisotopic (exact) mass is 526 g/mol. The van der Waals surface area contributed by atoms with Crippen molar-refractivity contribution in [2.24, 2.45) is 11.8 Å². The first kappa shape index (κ1) is 31.8. The number of allylic oxidation sites excluding steroid dienone is 4. The van der Waals surface area contributed by atoms with Crippen LogP contribution in [0.2, 0.25) is 39.3 Å². The molecule has 2 fully saturated rings. The molecule has 0 heterocycles. The zero-order chi connectivity index (χ0) is 22.9. The third-order valence-electron chi connectivity index (χ3n) is 5.99. The Balaban J connectivity index is 0.000000661. The van der Waals surface area contributed by atoms with E-state index in [1.54, 1.807) is 21.5 Å². The molecule has 2 saturated carbocycles. The molecule has 31 heavy (non-hydrogen) atoms. The zero-order valence-corrected chi connectivity index (χ0v) is 25.7. The van der Waals surface area contributed by atoms with Crippen LogP contribution in [0, 0.1) is 89.9 Å². The summed E-state index contributed by atoms with van der Waals surface area (Å²) in [5, 5.41) is 3.44. The zero-order valence-electron chi connectivity index (χ0n) is 21.3. The van der Waals surface area contributed by atoms with Crippen LogP contribution in [0.25, 0.3) is 0 Å². The molecule has 10 radical (unpaired) electrons. The minimum atomic E-state index is -1.28. The smallest absolute Gasteiger partial charge is 0.342 e. The molecule has 3 aliphatic carbocycles. The summed E-state index contributed by atoms with van der Waals surface area (Å²) >= 11 is 0. The fraction of sp³-hybridized carbons (Fsp3) is 0.429. The topological polar surface area (TPSA) is 0 Å². The molecule has 3 aliphatic rings. The molecule has 0 amide bonds. The number of hydrogen-bond acceptors (Lipinski definition) is 0. The third-order valence-corrected chi connectivity index (χ3v) is 10.8. The van der Waals surface area contributed by atoms with Crippen molar-refractivity contribution in [3.8, 4) is 0 Å². The van der Waals surface area contributed by atoms with E-state index >= 15 is 0 Å². The van der Waals surface area contributed by atoms with Crippen molar-refractivity contribution in [1.82, 2.24) is 0 Å². The Morgan fingerprint density at radius 2 is 0.742 bits per heavy atom. The maximum absolute atomic E-state index is 4.44. The van der Waals surface area contributed by atoms with Crippen molar-refractivity contribution in [2.45, 2.75) is 66.0 Å². The Hall–Kier alpha value is 0.797. The minimum Gasteiger partial charge on any atom is -0.342 e. The molecule has 0 spiro atoms. The van der Waals surface area contributed by atoms with Crippen LogP contribution in [0.3, 0.4) is 0 Å².